The van der Waals surface area contributed by atoms with Crippen LogP contribution >= 0.6 is 0 Å². The molecule has 0 radical (unpaired) electrons. The fourth-order valence-corrected chi connectivity index (χ4v) is 1.94. The van der Waals surface area contributed by atoms with Crippen LogP contribution in [0.3, 0.4) is 0 Å². The molecule has 6 nitrogen and oxygen atoms in total. The van der Waals surface area contributed by atoms with Crippen LogP contribution in [-0.4, -0.2) is 40.0 Å². The number of carboxylic acids is 1. The number of hydrogen-bond acceptors (Lipinski definition) is 4. The van der Waals surface area contributed by atoms with E-state index in [2.05, 4.69) is 4.98 Å². The molecule has 1 N–H and O–H groups in total. The molecule has 0 saturated heterocycles. The number of aliphatic carboxylic acids is 1. The van der Waals surface area contributed by atoms with Gasteiger partial charge in [0.15, 0.2) is 5.69 Å². The van der Waals surface area contributed by atoms with E-state index in [1.54, 1.807) is 13.8 Å². The van der Waals surface area contributed by atoms with Crippen molar-refractivity contribution in [1.29, 1.82) is 0 Å². The van der Waals surface area contributed by atoms with Crippen molar-refractivity contribution in [3.05, 3.63) is 41.8 Å². The number of carbonyl (C=O) groups excluding carboxylic acids is 1. The Bertz CT molecular complexity index is 649. The molecule has 6 heteroatoms. The molecule has 0 saturated carbocycles. The van der Waals surface area contributed by atoms with E-state index >= 15 is 0 Å². The molecule has 0 fully saturated rings. The SMILES string of the molecule is CCN(CC(=O)O)C(=O)c1nc(-c2ccccc2)oc1C. The molecule has 0 spiro atoms. The van der Waals surface area contributed by atoms with Gasteiger partial charge in [0.1, 0.15) is 12.3 Å². The van der Waals surface area contributed by atoms with E-state index in [0.29, 0.717) is 11.7 Å². The lowest BCUT2D eigenvalue weighted by atomic mass is 10.2. The first kappa shape index (κ1) is 14.8. The van der Waals surface area contributed by atoms with Crippen molar-refractivity contribution < 1.29 is 19.1 Å². The molecule has 0 unspecified atom stereocenters. The lowest BCUT2D eigenvalue weighted by Gasteiger charge is -2.16. The second-order valence-electron chi connectivity index (χ2n) is 4.50. The maximum absolute atomic E-state index is 12.3. The number of carboxylic acid groups (broad SMARTS) is 1. The molecular weight excluding hydrogens is 272 g/mol. The number of rotatable bonds is 5. The molecule has 1 aromatic carbocycles. The number of aromatic nitrogens is 1. The number of aryl methyl sites for hydroxylation is 1. The van der Waals surface area contributed by atoms with Crippen molar-refractivity contribution in [3.8, 4) is 11.5 Å². The van der Waals surface area contributed by atoms with Crippen molar-refractivity contribution in [3.63, 3.8) is 0 Å². The smallest absolute Gasteiger partial charge is 0.323 e. The second-order valence-corrected chi connectivity index (χ2v) is 4.50. The van der Waals surface area contributed by atoms with Crippen LogP contribution in [0.5, 0.6) is 0 Å². The Hall–Kier alpha value is -2.63. The maximum Gasteiger partial charge on any atom is 0.323 e. The van der Waals surface area contributed by atoms with Crippen LogP contribution in [0.25, 0.3) is 11.5 Å². The van der Waals surface area contributed by atoms with Crippen LogP contribution in [0.1, 0.15) is 23.2 Å². The highest BCUT2D eigenvalue weighted by atomic mass is 16.4. The van der Waals surface area contributed by atoms with E-state index in [1.807, 2.05) is 30.3 Å². The van der Waals surface area contributed by atoms with Crippen molar-refractivity contribution in [2.45, 2.75) is 13.8 Å². The van der Waals surface area contributed by atoms with E-state index in [4.69, 9.17) is 9.52 Å². The third kappa shape index (κ3) is 3.28. The first-order valence-electron chi connectivity index (χ1n) is 6.56. The van der Waals surface area contributed by atoms with Crippen molar-refractivity contribution in [2.75, 3.05) is 13.1 Å². The van der Waals surface area contributed by atoms with Crippen LogP contribution in [0.2, 0.25) is 0 Å². The summed E-state index contributed by atoms with van der Waals surface area (Å²) in [6.07, 6.45) is 0. The summed E-state index contributed by atoms with van der Waals surface area (Å²) in [6, 6.07) is 9.22. The zero-order valence-electron chi connectivity index (χ0n) is 11.9. The highest BCUT2D eigenvalue weighted by Crippen LogP contribution is 2.22. The minimum Gasteiger partial charge on any atom is -0.480 e. The van der Waals surface area contributed by atoms with Crippen LogP contribution in [0, 0.1) is 6.92 Å². The number of oxazole rings is 1. The standard InChI is InChI=1S/C15H16N2O4/c1-3-17(9-12(18)19)15(20)13-10(2)21-14(16-13)11-7-5-4-6-8-11/h4-8H,3,9H2,1-2H3,(H,18,19). The maximum atomic E-state index is 12.3. The third-order valence-corrected chi connectivity index (χ3v) is 3.01. The van der Waals surface area contributed by atoms with Crippen LogP contribution in [-0.2, 0) is 4.79 Å². The van der Waals surface area contributed by atoms with Gasteiger partial charge in [-0.15, -0.1) is 0 Å². The molecule has 0 aliphatic heterocycles. The molecule has 0 aliphatic rings. The van der Waals surface area contributed by atoms with Gasteiger partial charge in [0.25, 0.3) is 5.91 Å². The monoisotopic (exact) mass is 288 g/mol. The Morgan fingerprint density at radius 3 is 2.52 bits per heavy atom. The van der Waals surface area contributed by atoms with Crippen molar-refractivity contribution in [2.24, 2.45) is 0 Å². The summed E-state index contributed by atoms with van der Waals surface area (Å²) in [6.45, 7) is 3.29. The zero-order chi connectivity index (χ0) is 15.4. The molecule has 0 aliphatic carbocycles. The quantitative estimate of drug-likeness (QED) is 0.911. The number of carbonyl (C=O) groups is 2. The molecule has 0 bridgehead atoms. The first-order valence-corrected chi connectivity index (χ1v) is 6.56. The summed E-state index contributed by atoms with van der Waals surface area (Å²) in [7, 11) is 0. The van der Waals surface area contributed by atoms with E-state index in [0.717, 1.165) is 5.56 Å². The van der Waals surface area contributed by atoms with Gasteiger partial charge in [-0.2, -0.15) is 0 Å². The number of amides is 1. The Balaban J connectivity index is 2.30. The van der Waals surface area contributed by atoms with Crippen LogP contribution in [0.15, 0.2) is 34.7 Å². The van der Waals surface area contributed by atoms with Gasteiger partial charge < -0.3 is 14.4 Å². The average molecular weight is 288 g/mol. The van der Waals surface area contributed by atoms with Gasteiger partial charge in [-0.3, -0.25) is 9.59 Å². The second kappa shape index (κ2) is 6.21. The highest BCUT2D eigenvalue weighted by Gasteiger charge is 2.23. The molecular formula is C15H16N2O4. The summed E-state index contributed by atoms with van der Waals surface area (Å²) >= 11 is 0. The molecule has 1 aromatic heterocycles. The van der Waals surface area contributed by atoms with Gasteiger partial charge in [-0.25, -0.2) is 4.98 Å². The van der Waals surface area contributed by atoms with Gasteiger partial charge in [0.05, 0.1) is 0 Å². The van der Waals surface area contributed by atoms with E-state index in [-0.39, 0.29) is 18.8 Å². The predicted octanol–water partition coefficient (Wildman–Crippen LogP) is 2.20. The fraction of sp³-hybridized carbons (Fsp3) is 0.267. The summed E-state index contributed by atoms with van der Waals surface area (Å²) in [5, 5.41) is 8.83. The molecule has 2 rings (SSSR count). The Morgan fingerprint density at radius 2 is 1.95 bits per heavy atom. The van der Waals surface area contributed by atoms with Crippen LogP contribution in [0.4, 0.5) is 0 Å². The molecule has 1 heterocycles. The normalized spacial score (nSPS) is 10.4. The van der Waals surface area contributed by atoms with Gasteiger partial charge in [0.2, 0.25) is 5.89 Å². The third-order valence-electron chi connectivity index (χ3n) is 3.01. The average Bonchev–Trinajstić information content (AvgIpc) is 2.87. The van der Waals surface area contributed by atoms with E-state index < -0.39 is 11.9 Å². The van der Waals surface area contributed by atoms with Gasteiger partial charge >= 0.3 is 5.97 Å². The molecule has 1 amide bonds. The number of likely N-dealkylation sites (N-methyl/N-ethyl adjacent to an activating group) is 1. The molecule has 2 aromatic rings. The summed E-state index contributed by atoms with van der Waals surface area (Å²) in [4.78, 5) is 28.5. The van der Waals surface area contributed by atoms with E-state index in [9.17, 15) is 9.59 Å². The largest absolute Gasteiger partial charge is 0.480 e. The lowest BCUT2D eigenvalue weighted by Crippen LogP contribution is -2.36. The Morgan fingerprint density at radius 1 is 1.29 bits per heavy atom. The van der Waals surface area contributed by atoms with Gasteiger partial charge in [-0.05, 0) is 26.0 Å². The number of nitrogens with zero attached hydrogens (tertiary/aromatic N) is 2. The minimum atomic E-state index is -1.06. The minimum absolute atomic E-state index is 0.150. The van der Waals surface area contributed by atoms with Crippen molar-refractivity contribution >= 4 is 11.9 Å². The zero-order valence-corrected chi connectivity index (χ0v) is 11.9. The first-order chi connectivity index (χ1) is 10.0. The van der Waals surface area contributed by atoms with Gasteiger partial charge in [0, 0.05) is 12.1 Å². The fourth-order valence-electron chi connectivity index (χ4n) is 1.94. The number of hydrogen-bond donors (Lipinski definition) is 1. The highest BCUT2D eigenvalue weighted by molar-refractivity contribution is 5.95. The lowest BCUT2D eigenvalue weighted by molar-refractivity contribution is -0.137. The summed E-state index contributed by atoms with van der Waals surface area (Å²) < 4.78 is 5.52. The summed E-state index contributed by atoms with van der Waals surface area (Å²) in [5.41, 5.74) is 0.915. The van der Waals surface area contributed by atoms with Crippen molar-refractivity contribution in [1.82, 2.24) is 9.88 Å². The Kier molecular flexibility index (Phi) is 4.37. The predicted molar refractivity (Wildman–Crippen MR) is 75.9 cm³/mol. The van der Waals surface area contributed by atoms with Gasteiger partial charge in [-0.1, -0.05) is 18.2 Å². The molecule has 0 atom stereocenters. The molecule has 110 valence electrons. The van der Waals surface area contributed by atoms with Crippen LogP contribution < -0.4 is 0 Å². The summed E-state index contributed by atoms with van der Waals surface area (Å²) in [5.74, 6) is -0.775. The topological polar surface area (TPSA) is 83.6 Å². The molecule has 21 heavy (non-hydrogen) atoms. The van der Waals surface area contributed by atoms with E-state index in [1.165, 1.54) is 4.90 Å². The number of benzene rings is 1. The Labute approximate surface area is 122 Å².